The van der Waals surface area contributed by atoms with Crippen LogP contribution < -0.4 is 10.0 Å². The Bertz CT molecular complexity index is 915. The average molecular weight is 420 g/mol. The van der Waals surface area contributed by atoms with Crippen molar-refractivity contribution in [1.29, 1.82) is 0 Å². The van der Waals surface area contributed by atoms with Crippen molar-refractivity contribution in [2.24, 2.45) is 0 Å². The average Bonchev–Trinajstić information content (AvgIpc) is 2.58. The number of rotatable bonds is 8. The molecule has 0 fully saturated rings. The zero-order valence-corrected chi connectivity index (χ0v) is 15.1. The summed E-state index contributed by atoms with van der Waals surface area (Å²) in [6.45, 7) is -1.85. The van der Waals surface area contributed by atoms with Crippen molar-refractivity contribution in [3.8, 4) is 0 Å². The largest absolute Gasteiger partial charge is 0.411 e. The number of amides is 1. The van der Waals surface area contributed by atoms with E-state index in [4.69, 9.17) is 0 Å². The van der Waals surface area contributed by atoms with Gasteiger partial charge < -0.3 is 10.1 Å². The predicted molar refractivity (Wildman–Crippen MR) is 93.8 cm³/mol. The molecule has 6 nitrogen and oxygen atoms in total. The second-order valence-electron chi connectivity index (χ2n) is 5.61. The molecule has 11 heteroatoms. The number of halogens is 4. The van der Waals surface area contributed by atoms with E-state index in [0.29, 0.717) is 0 Å². The Morgan fingerprint density at radius 1 is 1.04 bits per heavy atom. The summed E-state index contributed by atoms with van der Waals surface area (Å²) in [6.07, 6.45) is -4.76. The molecule has 0 aliphatic rings. The minimum Gasteiger partial charge on any atom is -0.372 e. The fraction of sp³-hybridized carbons (Fsp3) is 0.235. The number of carbonyl (C=O) groups is 1. The summed E-state index contributed by atoms with van der Waals surface area (Å²) in [6, 6.07) is 9.99. The van der Waals surface area contributed by atoms with Gasteiger partial charge in [0.1, 0.15) is 12.4 Å². The third kappa shape index (κ3) is 7.16. The lowest BCUT2D eigenvalue weighted by Crippen LogP contribution is -2.20. The normalized spacial score (nSPS) is 11.9. The van der Waals surface area contributed by atoms with Gasteiger partial charge in [-0.25, -0.2) is 12.8 Å². The van der Waals surface area contributed by atoms with Crippen molar-refractivity contribution in [2.75, 3.05) is 23.3 Å². The molecule has 1 amide bonds. The number of hydrogen-bond acceptors (Lipinski definition) is 4. The Balaban J connectivity index is 1.90. The van der Waals surface area contributed by atoms with Crippen LogP contribution in [0.2, 0.25) is 0 Å². The lowest BCUT2D eigenvalue weighted by molar-refractivity contribution is -0.174. The molecule has 0 atom stereocenters. The third-order valence-electron chi connectivity index (χ3n) is 3.26. The molecular formula is C17H16F4N2O4S. The maximum atomic E-state index is 13.1. The van der Waals surface area contributed by atoms with Gasteiger partial charge in [-0.1, -0.05) is 6.07 Å². The highest BCUT2D eigenvalue weighted by molar-refractivity contribution is 7.92. The summed E-state index contributed by atoms with van der Waals surface area (Å²) in [4.78, 5) is 11.5. The van der Waals surface area contributed by atoms with Gasteiger partial charge in [0, 0.05) is 5.69 Å². The first-order valence-corrected chi connectivity index (χ1v) is 9.36. The highest BCUT2D eigenvalue weighted by Gasteiger charge is 2.27. The number of ether oxygens (including phenoxy) is 1. The van der Waals surface area contributed by atoms with Crippen LogP contribution in [0.5, 0.6) is 0 Å². The minimum atomic E-state index is -4.46. The molecule has 2 rings (SSSR count). The molecule has 0 aliphatic heterocycles. The summed E-state index contributed by atoms with van der Waals surface area (Å²) in [5.41, 5.74) is 0.307. The van der Waals surface area contributed by atoms with Crippen LogP contribution >= 0.6 is 0 Å². The maximum Gasteiger partial charge on any atom is 0.411 e. The van der Waals surface area contributed by atoms with Gasteiger partial charge in [-0.15, -0.1) is 0 Å². The van der Waals surface area contributed by atoms with Crippen LogP contribution in [0.4, 0.5) is 28.9 Å². The smallest absolute Gasteiger partial charge is 0.372 e. The first kappa shape index (κ1) is 21.6. The Morgan fingerprint density at radius 2 is 1.71 bits per heavy atom. The van der Waals surface area contributed by atoms with Gasteiger partial charge in [-0.3, -0.25) is 9.52 Å². The zero-order valence-electron chi connectivity index (χ0n) is 14.3. The van der Waals surface area contributed by atoms with E-state index in [1.165, 1.54) is 42.5 Å². The number of sulfonamides is 1. The molecule has 0 saturated heterocycles. The van der Waals surface area contributed by atoms with Crippen molar-refractivity contribution in [3.63, 3.8) is 0 Å². The molecule has 0 spiro atoms. The van der Waals surface area contributed by atoms with E-state index in [1.807, 2.05) is 0 Å². The van der Waals surface area contributed by atoms with E-state index in [1.54, 1.807) is 0 Å². The van der Waals surface area contributed by atoms with Crippen molar-refractivity contribution in [1.82, 2.24) is 0 Å². The van der Waals surface area contributed by atoms with Gasteiger partial charge in [0.25, 0.3) is 10.0 Å². The van der Waals surface area contributed by atoms with Crippen molar-refractivity contribution >= 4 is 27.3 Å². The number of hydrogen-bond donors (Lipinski definition) is 2. The number of nitrogens with one attached hydrogen (secondary N) is 2. The fourth-order valence-electron chi connectivity index (χ4n) is 2.06. The van der Waals surface area contributed by atoms with Crippen LogP contribution in [0.1, 0.15) is 6.42 Å². The van der Waals surface area contributed by atoms with Gasteiger partial charge in [0.15, 0.2) is 0 Å². The fourth-order valence-corrected chi connectivity index (χ4v) is 3.11. The Hall–Kier alpha value is -2.66. The van der Waals surface area contributed by atoms with Crippen molar-refractivity contribution in [2.45, 2.75) is 17.5 Å². The van der Waals surface area contributed by atoms with Gasteiger partial charge in [-0.2, -0.15) is 13.2 Å². The molecular weight excluding hydrogens is 404 g/mol. The van der Waals surface area contributed by atoms with E-state index in [-0.39, 0.29) is 22.7 Å². The number of benzene rings is 2. The van der Waals surface area contributed by atoms with E-state index in [0.717, 1.165) is 6.07 Å². The Kier molecular flexibility index (Phi) is 6.97. The molecule has 0 aliphatic carbocycles. The Labute approximate surface area is 158 Å². The van der Waals surface area contributed by atoms with Crippen LogP contribution in [0, 0.1) is 5.82 Å². The number of alkyl halides is 3. The monoisotopic (exact) mass is 420 g/mol. The second kappa shape index (κ2) is 9.02. The van der Waals surface area contributed by atoms with Crippen LogP contribution in [-0.2, 0) is 19.6 Å². The van der Waals surface area contributed by atoms with Gasteiger partial charge in [0.2, 0.25) is 5.91 Å². The highest BCUT2D eigenvalue weighted by atomic mass is 32.2. The van der Waals surface area contributed by atoms with E-state index < -0.39 is 41.1 Å². The van der Waals surface area contributed by atoms with Gasteiger partial charge in [0.05, 0.1) is 23.6 Å². The quantitative estimate of drug-likeness (QED) is 0.506. The number of carbonyl (C=O) groups excluding carboxylic acids is 1. The lowest BCUT2D eigenvalue weighted by Gasteiger charge is -2.10. The van der Waals surface area contributed by atoms with E-state index in [2.05, 4.69) is 14.8 Å². The first-order chi connectivity index (χ1) is 13.0. The summed E-state index contributed by atoms with van der Waals surface area (Å²) >= 11 is 0. The summed E-state index contributed by atoms with van der Waals surface area (Å²) in [5, 5.41) is 2.41. The summed E-state index contributed by atoms with van der Waals surface area (Å²) < 4.78 is 80.0. The summed E-state index contributed by atoms with van der Waals surface area (Å²) in [7, 11) is -3.96. The molecule has 152 valence electrons. The van der Waals surface area contributed by atoms with Gasteiger partial charge >= 0.3 is 6.18 Å². The first-order valence-electron chi connectivity index (χ1n) is 7.88. The molecule has 0 heterocycles. The van der Waals surface area contributed by atoms with Crippen LogP contribution in [-0.4, -0.2) is 33.7 Å². The molecule has 0 unspecified atom stereocenters. The molecule has 2 N–H and O–H groups in total. The molecule has 2 aromatic carbocycles. The van der Waals surface area contributed by atoms with Crippen LogP contribution in [0.3, 0.4) is 0 Å². The van der Waals surface area contributed by atoms with Crippen molar-refractivity contribution in [3.05, 3.63) is 54.3 Å². The number of anilines is 2. The molecule has 0 bridgehead atoms. The molecule has 28 heavy (non-hydrogen) atoms. The van der Waals surface area contributed by atoms with Crippen molar-refractivity contribution < 1.29 is 35.5 Å². The molecule has 2 aromatic rings. The van der Waals surface area contributed by atoms with Crippen LogP contribution in [0.15, 0.2) is 53.4 Å². The SMILES string of the molecule is O=C(CCOCC(F)(F)F)Nc1ccc(S(=O)(=O)Nc2cccc(F)c2)cc1. The van der Waals surface area contributed by atoms with E-state index >= 15 is 0 Å². The zero-order chi connectivity index (χ0) is 20.8. The highest BCUT2D eigenvalue weighted by Crippen LogP contribution is 2.19. The molecule has 0 aromatic heterocycles. The Morgan fingerprint density at radius 3 is 2.32 bits per heavy atom. The summed E-state index contributed by atoms with van der Waals surface area (Å²) in [5.74, 6) is -1.19. The van der Waals surface area contributed by atoms with Gasteiger partial charge in [-0.05, 0) is 42.5 Å². The predicted octanol–water partition coefficient (Wildman–Crippen LogP) is 3.53. The van der Waals surface area contributed by atoms with E-state index in [9.17, 15) is 30.8 Å². The molecule has 0 radical (unpaired) electrons. The minimum absolute atomic E-state index is 0.0521. The lowest BCUT2D eigenvalue weighted by atomic mass is 10.3. The second-order valence-corrected chi connectivity index (χ2v) is 7.29. The standard InChI is InChI=1S/C17H16F4N2O4S/c18-12-2-1-3-14(10-12)23-28(25,26)15-6-4-13(5-7-15)22-16(24)8-9-27-11-17(19,20)21/h1-7,10,23H,8-9,11H2,(H,22,24). The van der Waals surface area contributed by atoms with Crippen LogP contribution in [0.25, 0.3) is 0 Å². The third-order valence-corrected chi connectivity index (χ3v) is 4.66. The topological polar surface area (TPSA) is 84.5 Å². The maximum absolute atomic E-state index is 13.1. The molecule has 0 saturated carbocycles.